The topological polar surface area (TPSA) is 87.7 Å². The lowest BCUT2D eigenvalue weighted by molar-refractivity contribution is 1.04. The van der Waals surface area contributed by atoms with Gasteiger partial charge in [0.25, 0.3) is 0 Å². The molecular weight excluding hydrogens is 468 g/mol. The maximum atomic E-state index is 6.94. The van der Waals surface area contributed by atoms with Gasteiger partial charge in [-0.2, -0.15) is 0 Å². The molecule has 3 heterocycles. The molecule has 0 saturated heterocycles. The fourth-order valence-corrected chi connectivity index (χ4v) is 5.28. The molecule has 0 aliphatic carbocycles. The van der Waals surface area contributed by atoms with Crippen LogP contribution in [0.25, 0.3) is 56.0 Å². The zero-order valence-electron chi connectivity index (χ0n) is 20.5. The van der Waals surface area contributed by atoms with E-state index in [1.165, 1.54) is 0 Å². The Balaban J connectivity index is 1.55. The smallest absolute Gasteiger partial charge is 0.159 e. The van der Waals surface area contributed by atoms with Gasteiger partial charge in [-0.15, -0.1) is 0 Å². The van der Waals surface area contributed by atoms with E-state index in [9.17, 15) is 0 Å². The summed E-state index contributed by atoms with van der Waals surface area (Å²) in [5.74, 6) is 0.665. The van der Waals surface area contributed by atoms with E-state index in [4.69, 9.17) is 21.4 Å². The maximum absolute atomic E-state index is 6.94. The number of nitrogens with two attached hydrogens (primary N) is 2. The zero-order valence-corrected chi connectivity index (χ0v) is 20.5. The molecule has 0 fully saturated rings. The third kappa shape index (κ3) is 3.28. The standard InChI is InChI=1S/C32H24N6/c33-28-24-15-7-9-17-26(24)37(22-13-5-2-6-14-22)30(28)31-29(34)25-16-8-10-18-27(25)38(31)23-19-35-32(36-20-23)21-11-3-1-4-12-21/h1-20H,33-34H2. The van der Waals surface area contributed by atoms with E-state index in [0.717, 1.165) is 50.1 Å². The van der Waals surface area contributed by atoms with Crippen LogP contribution in [-0.2, 0) is 0 Å². The van der Waals surface area contributed by atoms with Crippen LogP contribution in [0, 0.1) is 0 Å². The quantitative estimate of drug-likeness (QED) is 0.281. The molecule has 7 aromatic rings. The van der Waals surface area contributed by atoms with Crippen LogP contribution in [0.1, 0.15) is 0 Å². The second-order valence-corrected chi connectivity index (χ2v) is 9.20. The lowest BCUT2D eigenvalue weighted by Gasteiger charge is -2.16. The molecule has 182 valence electrons. The number of rotatable bonds is 4. The van der Waals surface area contributed by atoms with Crippen molar-refractivity contribution in [2.45, 2.75) is 0 Å². The van der Waals surface area contributed by atoms with E-state index >= 15 is 0 Å². The van der Waals surface area contributed by atoms with Crippen LogP contribution < -0.4 is 11.5 Å². The summed E-state index contributed by atoms with van der Waals surface area (Å²) >= 11 is 0. The fraction of sp³-hybridized carbons (Fsp3) is 0. The van der Waals surface area contributed by atoms with E-state index < -0.39 is 0 Å². The first kappa shape index (κ1) is 21.9. The summed E-state index contributed by atoms with van der Waals surface area (Å²) in [6.45, 7) is 0. The van der Waals surface area contributed by atoms with Gasteiger partial charge in [-0.3, -0.25) is 0 Å². The average molecular weight is 493 g/mol. The number of hydrogen-bond donors (Lipinski definition) is 2. The largest absolute Gasteiger partial charge is 0.396 e. The molecule has 0 radical (unpaired) electrons. The van der Waals surface area contributed by atoms with E-state index in [1.54, 1.807) is 0 Å². The number of benzene rings is 4. The highest BCUT2D eigenvalue weighted by molar-refractivity contribution is 6.09. The van der Waals surface area contributed by atoms with Crippen molar-refractivity contribution in [1.29, 1.82) is 0 Å². The van der Waals surface area contributed by atoms with Gasteiger partial charge in [-0.25, -0.2) is 9.97 Å². The molecule has 0 aliphatic rings. The molecule has 0 atom stereocenters. The van der Waals surface area contributed by atoms with Gasteiger partial charge in [0.2, 0.25) is 0 Å². The SMILES string of the molecule is Nc1c(-c2c(N)c3ccccc3n2-c2cnc(-c3ccccc3)nc2)n(-c2ccccc2)c2ccccc12. The minimum Gasteiger partial charge on any atom is -0.396 e. The summed E-state index contributed by atoms with van der Waals surface area (Å²) in [6, 6.07) is 36.5. The fourth-order valence-electron chi connectivity index (χ4n) is 5.28. The predicted molar refractivity (Wildman–Crippen MR) is 155 cm³/mol. The number of aromatic nitrogens is 4. The van der Waals surface area contributed by atoms with Gasteiger partial charge < -0.3 is 20.6 Å². The summed E-state index contributed by atoms with van der Waals surface area (Å²) in [5.41, 5.74) is 21.6. The van der Waals surface area contributed by atoms with E-state index in [-0.39, 0.29) is 0 Å². The molecule has 3 aromatic heterocycles. The zero-order chi connectivity index (χ0) is 25.6. The Hall–Kier alpha value is -5.36. The molecular formula is C32H24N6. The van der Waals surface area contributed by atoms with Gasteiger partial charge in [0.05, 0.1) is 51.9 Å². The van der Waals surface area contributed by atoms with Crippen molar-refractivity contribution in [2.75, 3.05) is 11.5 Å². The maximum Gasteiger partial charge on any atom is 0.159 e. The van der Waals surface area contributed by atoms with E-state index in [2.05, 4.69) is 39.5 Å². The Morgan fingerprint density at radius 3 is 1.47 bits per heavy atom. The van der Waals surface area contributed by atoms with Gasteiger partial charge in [0.1, 0.15) is 0 Å². The highest BCUT2D eigenvalue weighted by Crippen LogP contribution is 2.45. The molecule has 0 amide bonds. The third-order valence-electron chi connectivity index (χ3n) is 6.99. The first-order valence-electron chi connectivity index (χ1n) is 12.4. The lowest BCUT2D eigenvalue weighted by Crippen LogP contribution is -2.06. The van der Waals surface area contributed by atoms with Crippen LogP contribution in [0.15, 0.2) is 122 Å². The van der Waals surface area contributed by atoms with Crippen molar-refractivity contribution in [3.63, 3.8) is 0 Å². The predicted octanol–water partition coefficient (Wildman–Crippen LogP) is 6.86. The summed E-state index contributed by atoms with van der Waals surface area (Å²) in [6.07, 6.45) is 3.69. The second-order valence-electron chi connectivity index (χ2n) is 9.20. The van der Waals surface area contributed by atoms with Crippen LogP contribution in [0.4, 0.5) is 11.4 Å². The molecule has 0 saturated carbocycles. The normalized spacial score (nSPS) is 11.4. The first-order valence-corrected chi connectivity index (χ1v) is 12.4. The molecule has 7 rings (SSSR count). The Morgan fingerprint density at radius 2 is 0.921 bits per heavy atom. The minimum atomic E-state index is 0.652. The van der Waals surface area contributed by atoms with Crippen molar-refractivity contribution < 1.29 is 0 Å². The number of fused-ring (bicyclic) bond motifs is 2. The van der Waals surface area contributed by atoms with Gasteiger partial charge in [-0.05, 0) is 24.3 Å². The van der Waals surface area contributed by atoms with Crippen LogP contribution >= 0.6 is 0 Å². The Kier molecular flexibility index (Phi) is 4.97. The van der Waals surface area contributed by atoms with Crippen LogP contribution in [0.3, 0.4) is 0 Å². The second kappa shape index (κ2) is 8.64. The third-order valence-corrected chi connectivity index (χ3v) is 6.99. The minimum absolute atomic E-state index is 0.652. The van der Waals surface area contributed by atoms with Crippen molar-refractivity contribution >= 4 is 33.2 Å². The number of nitrogens with zero attached hydrogens (tertiary/aromatic N) is 4. The number of para-hydroxylation sites is 3. The van der Waals surface area contributed by atoms with Crippen LogP contribution in [0.2, 0.25) is 0 Å². The Morgan fingerprint density at radius 1 is 0.474 bits per heavy atom. The molecule has 4 aromatic carbocycles. The van der Waals surface area contributed by atoms with Gasteiger partial charge in [0.15, 0.2) is 5.82 Å². The summed E-state index contributed by atoms with van der Waals surface area (Å²) in [5, 5.41) is 1.91. The Bertz CT molecular complexity index is 1920. The molecule has 38 heavy (non-hydrogen) atoms. The molecule has 0 unspecified atom stereocenters. The molecule has 6 heteroatoms. The van der Waals surface area contributed by atoms with Crippen molar-refractivity contribution in [3.05, 3.63) is 122 Å². The summed E-state index contributed by atoms with van der Waals surface area (Å²) in [7, 11) is 0. The van der Waals surface area contributed by atoms with Gasteiger partial charge in [-0.1, -0.05) is 84.9 Å². The molecule has 0 spiro atoms. The van der Waals surface area contributed by atoms with Gasteiger partial charge >= 0.3 is 0 Å². The summed E-state index contributed by atoms with van der Waals surface area (Å²) in [4.78, 5) is 9.42. The number of anilines is 2. The Labute approximate surface area is 219 Å². The van der Waals surface area contributed by atoms with E-state index in [1.807, 2.05) is 91.3 Å². The summed E-state index contributed by atoms with van der Waals surface area (Å²) < 4.78 is 4.30. The number of nitrogen functional groups attached to an aromatic ring is 2. The molecule has 4 N–H and O–H groups in total. The molecule has 0 bridgehead atoms. The van der Waals surface area contributed by atoms with Gasteiger partial charge in [0, 0.05) is 22.0 Å². The molecule has 6 nitrogen and oxygen atoms in total. The number of hydrogen-bond acceptors (Lipinski definition) is 4. The van der Waals surface area contributed by atoms with Crippen molar-refractivity contribution in [2.24, 2.45) is 0 Å². The van der Waals surface area contributed by atoms with Crippen molar-refractivity contribution in [3.8, 4) is 34.2 Å². The molecule has 0 aliphatic heterocycles. The first-order chi connectivity index (χ1) is 18.7. The monoisotopic (exact) mass is 492 g/mol. The highest BCUT2D eigenvalue weighted by Gasteiger charge is 2.26. The highest BCUT2D eigenvalue weighted by atomic mass is 15.1. The lowest BCUT2D eigenvalue weighted by atomic mass is 10.1. The van der Waals surface area contributed by atoms with Crippen LogP contribution in [-0.4, -0.2) is 19.1 Å². The van der Waals surface area contributed by atoms with E-state index in [0.29, 0.717) is 17.2 Å². The van der Waals surface area contributed by atoms with Crippen LogP contribution in [0.5, 0.6) is 0 Å². The average Bonchev–Trinajstić information content (AvgIpc) is 3.44. The van der Waals surface area contributed by atoms with Crippen molar-refractivity contribution in [1.82, 2.24) is 19.1 Å².